The van der Waals surface area contributed by atoms with Crippen LogP contribution in [0.25, 0.3) is 0 Å². The van der Waals surface area contributed by atoms with E-state index in [1.165, 1.54) is 32.2 Å². The standard InChI is InChI=1S/C17H26FN3/c1-20-7-3-4-16(12-20)21(2)17-9-13(8-14(18)10-17)11-19-15-5-6-15/h8-10,15-16,19H,3-7,11-12H2,1-2H3. The average Bonchev–Trinajstić information content (AvgIpc) is 3.28. The minimum atomic E-state index is -0.129. The second-order valence-electron chi connectivity index (χ2n) is 6.64. The molecule has 1 saturated carbocycles. The van der Waals surface area contributed by atoms with Crippen molar-refractivity contribution in [2.45, 2.75) is 44.3 Å². The molecule has 3 nitrogen and oxygen atoms in total. The van der Waals surface area contributed by atoms with Crippen molar-refractivity contribution < 1.29 is 4.39 Å². The summed E-state index contributed by atoms with van der Waals surface area (Å²) >= 11 is 0. The summed E-state index contributed by atoms with van der Waals surface area (Å²) in [6.45, 7) is 3.00. The Hall–Kier alpha value is -1.13. The predicted octanol–water partition coefficient (Wildman–Crippen LogP) is 2.61. The maximum atomic E-state index is 13.9. The molecule has 0 spiro atoms. The van der Waals surface area contributed by atoms with E-state index in [1.54, 1.807) is 12.1 Å². The molecule has 0 aromatic heterocycles. The van der Waals surface area contributed by atoms with Crippen molar-refractivity contribution in [2.75, 3.05) is 32.1 Å². The first-order valence-electron chi connectivity index (χ1n) is 8.06. The van der Waals surface area contributed by atoms with Crippen LogP contribution in [-0.2, 0) is 6.54 Å². The first-order chi connectivity index (χ1) is 10.1. The predicted molar refractivity (Wildman–Crippen MR) is 85.2 cm³/mol. The Morgan fingerprint density at radius 1 is 1.29 bits per heavy atom. The van der Waals surface area contributed by atoms with Gasteiger partial charge in [-0.15, -0.1) is 0 Å². The smallest absolute Gasteiger partial charge is 0.125 e. The summed E-state index contributed by atoms with van der Waals surface area (Å²) in [5.41, 5.74) is 2.05. The number of likely N-dealkylation sites (tertiary alicyclic amines) is 1. The van der Waals surface area contributed by atoms with Crippen molar-refractivity contribution in [1.29, 1.82) is 0 Å². The van der Waals surface area contributed by atoms with Gasteiger partial charge in [0.2, 0.25) is 0 Å². The van der Waals surface area contributed by atoms with Gasteiger partial charge < -0.3 is 15.1 Å². The second kappa shape index (κ2) is 6.32. The van der Waals surface area contributed by atoms with Crippen LogP contribution < -0.4 is 10.2 Å². The molecule has 1 atom stereocenters. The second-order valence-corrected chi connectivity index (χ2v) is 6.64. The minimum absolute atomic E-state index is 0.129. The zero-order chi connectivity index (χ0) is 14.8. The molecule has 2 fully saturated rings. The van der Waals surface area contributed by atoms with Gasteiger partial charge in [0.05, 0.1) is 0 Å². The molecule has 3 rings (SSSR count). The first-order valence-corrected chi connectivity index (χ1v) is 8.06. The van der Waals surface area contributed by atoms with Gasteiger partial charge in [-0.25, -0.2) is 4.39 Å². The minimum Gasteiger partial charge on any atom is -0.370 e. The van der Waals surface area contributed by atoms with E-state index in [-0.39, 0.29) is 5.82 Å². The Morgan fingerprint density at radius 2 is 2.10 bits per heavy atom. The van der Waals surface area contributed by atoms with Crippen molar-refractivity contribution in [2.24, 2.45) is 0 Å². The molecular formula is C17H26FN3. The Balaban J connectivity index is 1.70. The Bertz CT molecular complexity index is 487. The number of benzene rings is 1. The number of nitrogens with zero attached hydrogens (tertiary/aromatic N) is 2. The molecule has 1 aromatic carbocycles. The number of likely N-dealkylation sites (N-methyl/N-ethyl adjacent to an activating group) is 2. The van der Waals surface area contributed by atoms with Crippen LogP contribution >= 0.6 is 0 Å². The van der Waals surface area contributed by atoms with Crippen LogP contribution in [0, 0.1) is 5.82 Å². The highest BCUT2D eigenvalue weighted by molar-refractivity contribution is 5.49. The topological polar surface area (TPSA) is 18.5 Å². The highest BCUT2D eigenvalue weighted by Crippen LogP contribution is 2.24. The van der Waals surface area contributed by atoms with Gasteiger partial charge in [-0.2, -0.15) is 0 Å². The Labute approximate surface area is 127 Å². The van der Waals surface area contributed by atoms with E-state index >= 15 is 0 Å². The van der Waals surface area contributed by atoms with Gasteiger partial charge in [-0.05, 0) is 63.0 Å². The fourth-order valence-electron chi connectivity index (χ4n) is 3.15. The number of halogens is 1. The van der Waals surface area contributed by atoms with E-state index in [2.05, 4.69) is 35.3 Å². The molecule has 0 radical (unpaired) electrons. The normalized spacial score (nSPS) is 23.3. The Morgan fingerprint density at radius 3 is 2.81 bits per heavy atom. The summed E-state index contributed by atoms with van der Waals surface area (Å²) in [7, 11) is 4.26. The summed E-state index contributed by atoms with van der Waals surface area (Å²) in [5, 5.41) is 3.46. The molecule has 0 amide bonds. The van der Waals surface area contributed by atoms with Gasteiger partial charge in [-0.1, -0.05) is 0 Å². The molecule has 1 aliphatic heterocycles. The molecule has 4 heteroatoms. The lowest BCUT2D eigenvalue weighted by Gasteiger charge is -2.37. The number of rotatable bonds is 5. The fourth-order valence-corrected chi connectivity index (χ4v) is 3.15. The highest BCUT2D eigenvalue weighted by atomic mass is 19.1. The maximum absolute atomic E-state index is 13.9. The molecule has 1 heterocycles. The van der Waals surface area contributed by atoms with Crippen molar-refractivity contribution in [3.63, 3.8) is 0 Å². The van der Waals surface area contributed by atoms with E-state index in [0.29, 0.717) is 12.1 Å². The maximum Gasteiger partial charge on any atom is 0.125 e. The van der Waals surface area contributed by atoms with Crippen LogP contribution in [0.1, 0.15) is 31.2 Å². The van der Waals surface area contributed by atoms with E-state index < -0.39 is 0 Å². The highest BCUT2D eigenvalue weighted by Gasteiger charge is 2.23. The zero-order valence-corrected chi connectivity index (χ0v) is 13.1. The molecule has 1 unspecified atom stereocenters. The van der Waals surface area contributed by atoms with Crippen molar-refractivity contribution >= 4 is 5.69 Å². The third-order valence-corrected chi connectivity index (χ3v) is 4.67. The zero-order valence-electron chi connectivity index (χ0n) is 13.1. The van der Waals surface area contributed by atoms with Gasteiger partial charge in [0.1, 0.15) is 5.82 Å². The van der Waals surface area contributed by atoms with E-state index in [0.717, 1.165) is 24.3 Å². The molecular weight excluding hydrogens is 265 g/mol. The first kappa shape index (κ1) is 14.8. The summed E-state index contributed by atoms with van der Waals surface area (Å²) in [4.78, 5) is 4.61. The lowest BCUT2D eigenvalue weighted by Crippen LogP contribution is -2.45. The lowest BCUT2D eigenvalue weighted by molar-refractivity contribution is 0.248. The van der Waals surface area contributed by atoms with Crippen LogP contribution in [0.3, 0.4) is 0 Å². The van der Waals surface area contributed by atoms with Gasteiger partial charge >= 0.3 is 0 Å². The summed E-state index contributed by atoms with van der Waals surface area (Å²) in [6, 6.07) is 6.58. The van der Waals surface area contributed by atoms with E-state index in [9.17, 15) is 4.39 Å². The largest absolute Gasteiger partial charge is 0.370 e. The summed E-state index contributed by atoms with van der Waals surface area (Å²) in [6.07, 6.45) is 4.93. The van der Waals surface area contributed by atoms with E-state index in [1.807, 2.05) is 0 Å². The van der Waals surface area contributed by atoms with Gasteiger partial charge in [-0.3, -0.25) is 0 Å². The van der Waals surface area contributed by atoms with Crippen LogP contribution in [0.15, 0.2) is 18.2 Å². The summed E-state index contributed by atoms with van der Waals surface area (Å²) in [5.74, 6) is -0.129. The van der Waals surface area contributed by atoms with Crippen LogP contribution in [0.4, 0.5) is 10.1 Å². The SMILES string of the molecule is CN1CCCC(N(C)c2cc(F)cc(CNC3CC3)c2)C1. The number of piperidine rings is 1. The van der Waals surface area contributed by atoms with Crippen LogP contribution in [0.5, 0.6) is 0 Å². The number of hydrogen-bond donors (Lipinski definition) is 1. The third-order valence-electron chi connectivity index (χ3n) is 4.67. The molecule has 1 aromatic rings. The molecule has 2 aliphatic rings. The Kier molecular flexibility index (Phi) is 4.45. The van der Waals surface area contributed by atoms with Crippen molar-refractivity contribution in [1.82, 2.24) is 10.2 Å². The monoisotopic (exact) mass is 291 g/mol. The van der Waals surface area contributed by atoms with Gasteiger partial charge in [0.15, 0.2) is 0 Å². The third kappa shape index (κ3) is 3.95. The van der Waals surface area contributed by atoms with Crippen LogP contribution in [-0.4, -0.2) is 44.2 Å². The van der Waals surface area contributed by atoms with Gasteiger partial charge in [0, 0.05) is 37.9 Å². The van der Waals surface area contributed by atoms with E-state index in [4.69, 9.17) is 0 Å². The number of nitrogens with one attached hydrogen (secondary N) is 1. The molecule has 1 aliphatic carbocycles. The van der Waals surface area contributed by atoms with Crippen molar-refractivity contribution in [3.05, 3.63) is 29.6 Å². The number of hydrogen-bond acceptors (Lipinski definition) is 3. The van der Waals surface area contributed by atoms with Crippen molar-refractivity contribution in [3.8, 4) is 0 Å². The number of anilines is 1. The quantitative estimate of drug-likeness (QED) is 0.899. The lowest BCUT2D eigenvalue weighted by atomic mass is 10.0. The molecule has 21 heavy (non-hydrogen) atoms. The fraction of sp³-hybridized carbons (Fsp3) is 0.647. The van der Waals surface area contributed by atoms with Crippen LogP contribution in [0.2, 0.25) is 0 Å². The molecule has 0 bridgehead atoms. The van der Waals surface area contributed by atoms with Gasteiger partial charge in [0.25, 0.3) is 0 Å². The molecule has 116 valence electrons. The molecule has 1 N–H and O–H groups in total. The molecule has 1 saturated heterocycles. The summed E-state index contributed by atoms with van der Waals surface area (Å²) < 4.78 is 13.9. The average molecular weight is 291 g/mol.